The van der Waals surface area contributed by atoms with Crippen LogP contribution in [0.2, 0.25) is 5.32 Å². The standard InChI is InChI=1S/C3H5N2OSe/c4-5-1-3(6)2-7-5/h4H,1-2H2/q+1. The van der Waals surface area contributed by atoms with Crippen molar-refractivity contribution in [2.24, 2.45) is 0 Å². The Bertz CT molecular complexity index is 108. The fourth-order valence-electron chi connectivity index (χ4n) is 0.401. The first kappa shape index (κ1) is 4.94. The predicted octanol–water partition coefficient (Wildman–Crippen LogP) is -0.350. The summed E-state index contributed by atoms with van der Waals surface area (Å²) in [6, 6.07) is 0. The summed E-state index contributed by atoms with van der Waals surface area (Å²) in [5.74, 6) is 0.218. The molecule has 3 nitrogen and oxygen atoms in total. The number of carbonyl (C=O) groups excluding carboxylic acids is 1. The van der Waals surface area contributed by atoms with Crippen LogP contribution in [-0.2, 0) is 4.79 Å². The first-order valence-corrected chi connectivity index (χ1v) is 3.90. The number of ketones is 1. The van der Waals surface area contributed by atoms with E-state index < -0.39 is 0 Å². The van der Waals surface area contributed by atoms with Crippen LogP contribution in [0.1, 0.15) is 0 Å². The van der Waals surface area contributed by atoms with Gasteiger partial charge in [-0.2, -0.15) is 0 Å². The molecule has 1 aliphatic rings. The van der Waals surface area contributed by atoms with E-state index in [1.807, 2.05) is 0 Å². The number of nitrogens with one attached hydrogen (secondary N) is 1. The molecule has 1 N–H and O–H groups in total. The summed E-state index contributed by atoms with van der Waals surface area (Å²) in [5, 5.41) is 0.635. The molecule has 7 heavy (non-hydrogen) atoms. The van der Waals surface area contributed by atoms with E-state index in [-0.39, 0.29) is 21.0 Å². The van der Waals surface area contributed by atoms with E-state index in [9.17, 15) is 4.79 Å². The second kappa shape index (κ2) is 1.72. The zero-order chi connectivity index (χ0) is 5.28. The van der Waals surface area contributed by atoms with Crippen molar-refractivity contribution in [2.75, 3.05) is 6.54 Å². The number of nitrogens with zero attached hydrogens (tertiary/aromatic N) is 1. The average molecular weight is 164 g/mol. The summed E-state index contributed by atoms with van der Waals surface area (Å²) < 4.78 is 1.34. The van der Waals surface area contributed by atoms with Crippen LogP contribution in [0.5, 0.6) is 0 Å². The second-order valence-corrected chi connectivity index (χ2v) is 3.42. The zero-order valence-electron chi connectivity index (χ0n) is 3.68. The molecule has 0 spiro atoms. The molecule has 1 aliphatic heterocycles. The van der Waals surface area contributed by atoms with E-state index in [0.717, 1.165) is 0 Å². The molecule has 38 valence electrons. The van der Waals surface area contributed by atoms with Crippen molar-refractivity contribution in [1.29, 1.82) is 5.53 Å². The van der Waals surface area contributed by atoms with E-state index in [0.29, 0.717) is 11.9 Å². The van der Waals surface area contributed by atoms with E-state index >= 15 is 0 Å². The van der Waals surface area contributed by atoms with Crippen molar-refractivity contribution in [3.63, 3.8) is 0 Å². The third-order valence-corrected chi connectivity index (χ3v) is 2.57. The molecule has 0 amide bonds. The van der Waals surface area contributed by atoms with Gasteiger partial charge < -0.3 is 0 Å². The number of rotatable bonds is 0. The van der Waals surface area contributed by atoms with Crippen LogP contribution in [0.4, 0.5) is 0 Å². The van der Waals surface area contributed by atoms with E-state index in [1.54, 1.807) is 0 Å². The maximum absolute atomic E-state index is 10.3. The minimum absolute atomic E-state index is 0.150. The molecular weight excluding hydrogens is 159 g/mol. The summed E-state index contributed by atoms with van der Waals surface area (Å²) in [6.07, 6.45) is 0. The Morgan fingerprint density at radius 3 is 2.71 bits per heavy atom. The van der Waals surface area contributed by atoms with Gasteiger partial charge in [0.1, 0.15) is 0 Å². The van der Waals surface area contributed by atoms with Crippen molar-refractivity contribution in [1.82, 2.24) is 0 Å². The molecule has 1 heterocycles. The Kier molecular flexibility index (Phi) is 1.21. The number of Topliss-reactive ketones (excluding diaryl/α,β-unsaturated/α-hetero) is 1. The number of hydrogen-bond acceptors (Lipinski definition) is 2. The molecule has 1 saturated heterocycles. The molecule has 0 saturated carbocycles. The molecule has 1 rings (SSSR count). The SMILES string of the molecule is N=[N+]1CC(=O)C[Se]1. The molecule has 0 radical (unpaired) electrons. The summed E-state index contributed by atoms with van der Waals surface area (Å²) >= 11 is 0.150. The van der Waals surface area contributed by atoms with Crippen molar-refractivity contribution in [3.8, 4) is 0 Å². The third-order valence-electron chi connectivity index (χ3n) is 0.701. The summed E-state index contributed by atoms with van der Waals surface area (Å²) in [4.78, 5) is 10.3. The fraction of sp³-hybridized carbons (Fsp3) is 0.667. The summed E-state index contributed by atoms with van der Waals surface area (Å²) in [6.45, 7) is 0.361. The van der Waals surface area contributed by atoms with Gasteiger partial charge in [0.15, 0.2) is 0 Å². The van der Waals surface area contributed by atoms with Gasteiger partial charge in [0, 0.05) is 0 Å². The van der Waals surface area contributed by atoms with Crippen LogP contribution in [0.15, 0.2) is 0 Å². The molecule has 1 fully saturated rings. The molecule has 0 atom stereocenters. The van der Waals surface area contributed by atoms with Gasteiger partial charge in [0.05, 0.1) is 0 Å². The van der Waals surface area contributed by atoms with Crippen LogP contribution in [-0.4, -0.2) is 31.2 Å². The number of carbonyl (C=O) groups is 1. The van der Waals surface area contributed by atoms with E-state index in [4.69, 9.17) is 5.53 Å². The van der Waals surface area contributed by atoms with Crippen molar-refractivity contribution < 1.29 is 8.51 Å². The van der Waals surface area contributed by atoms with Gasteiger partial charge in [0.25, 0.3) is 0 Å². The Balaban J connectivity index is 2.55. The first-order chi connectivity index (χ1) is 3.29. The molecule has 0 aliphatic carbocycles. The maximum atomic E-state index is 10.3. The van der Waals surface area contributed by atoms with Gasteiger partial charge in [-0.25, -0.2) is 0 Å². The fourth-order valence-corrected chi connectivity index (χ4v) is 1.72. The van der Waals surface area contributed by atoms with E-state index in [2.05, 4.69) is 0 Å². The van der Waals surface area contributed by atoms with Crippen LogP contribution >= 0.6 is 0 Å². The predicted molar refractivity (Wildman–Crippen MR) is 23.4 cm³/mol. The molecule has 0 bridgehead atoms. The van der Waals surface area contributed by atoms with Gasteiger partial charge in [-0.05, 0) is 0 Å². The molecule has 0 aromatic rings. The zero-order valence-corrected chi connectivity index (χ0v) is 5.39. The van der Waals surface area contributed by atoms with Gasteiger partial charge in [0.2, 0.25) is 0 Å². The first-order valence-electron chi connectivity index (χ1n) is 1.92. The molecule has 4 heteroatoms. The Morgan fingerprint density at radius 1 is 1.86 bits per heavy atom. The molecule has 0 aromatic heterocycles. The van der Waals surface area contributed by atoms with Gasteiger partial charge in [-0.1, -0.05) is 0 Å². The Hall–Kier alpha value is -0.211. The topological polar surface area (TPSA) is 43.9 Å². The van der Waals surface area contributed by atoms with Gasteiger partial charge in [-0.3, -0.25) is 0 Å². The quantitative estimate of drug-likeness (QED) is 0.488. The number of hydrogen-bond donors (Lipinski definition) is 1. The van der Waals surface area contributed by atoms with Gasteiger partial charge >= 0.3 is 46.9 Å². The average Bonchev–Trinajstić information content (AvgIpc) is 1.87. The minimum atomic E-state index is 0.150. The summed E-state index contributed by atoms with van der Waals surface area (Å²) in [5.41, 5.74) is 6.90. The van der Waals surface area contributed by atoms with E-state index in [1.165, 1.54) is 3.71 Å². The van der Waals surface area contributed by atoms with Crippen LogP contribution in [0.25, 0.3) is 0 Å². The molecular formula is C3H5N2OSe+. The Morgan fingerprint density at radius 2 is 2.57 bits per heavy atom. The van der Waals surface area contributed by atoms with Crippen LogP contribution in [0.3, 0.4) is 0 Å². The van der Waals surface area contributed by atoms with Crippen molar-refractivity contribution in [2.45, 2.75) is 5.32 Å². The van der Waals surface area contributed by atoms with Crippen molar-refractivity contribution in [3.05, 3.63) is 0 Å². The second-order valence-electron chi connectivity index (χ2n) is 1.35. The summed E-state index contributed by atoms with van der Waals surface area (Å²) in [7, 11) is 0. The normalized spacial score (nSPS) is 21.1. The van der Waals surface area contributed by atoms with Crippen LogP contribution < -0.4 is 0 Å². The monoisotopic (exact) mass is 165 g/mol. The van der Waals surface area contributed by atoms with Crippen molar-refractivity contribution >= 4 is 21.0 Å². The van der Waals surface area contributed by atoms with Crippen LogP contribution in [0, 0.1) is 5.53 Å². The Labute approximate surface area is 47.6 Å². The molecule has 0 unspecified atom stereocenters. The van der Waals surface area contributed by atoms with Gasteiger partial charge in [-0.15, -0.1) is 0 Å². The molecule has 0 aromatic carbocycles. The third kappa shape index (κ3) is 1.08.